The summed E-state index contributed by atoms with van der Waals surface area (Å²) in [7, 11) is 0. The number of anilines is 1. The van der Waals surface area contributed by atoms with Gasteiger partial charge in [0.2, 0.25) is 5.91 Å². The first-order valence-corrected chi connectivity index (χ1v) is 8.51. The van der Waals surface area contributed by atoms with Gasteiger partial charge in [0.1, 0.15) is 17.7 Å². The highest BCUT2D eigenvalue weighted by atomic mass is 16.1. The van der Waals surface area contributed by atoms with E-state index >= 15 is 0 Å². The summed E-state index contributed by atoms with van der Waals surface area (Å²) >= 11 is 0. The minimum absolute atomic E-state index is 0.144. The number of nitriles is 1. The fraction of sp³-hybridized carbons (Fsp3) is 0.211. The number of carbonyl (C=O) groups excluding carboxylic acids is 1. The molecular formula is C19H18N6O2. The van der Waals surface area contributed by atoms with Crippen LogP contribution in [0.3, 0.4) is 0 Å². The van der Waals surface area contributed by atoms with Crippen LogP contribution in [0.25, 0.3) is 10.9 Å². The molecule has 8 heteroatoms. The van der Waals surface area contributed by atoms with Crippen molar-refractivity contribution in [3.63, 3.8) is 0 Å². The summed E-state index contributed by atoms with van der Waals surface area (Å²) in [6.07, 6.45) is 2.16. The van der Waals surface area contributed by atoms with Gasteiger partial charge in [0.25, 0.3) is 5.56 Å². The predicted octanol–water partition coefficient (Wildman–Crippen LogP) is 1.35. The van der Waals surface area contributed by atoms with Crippen molar-refractivity contribution < 1.29 is 4.79 Å². The molecule has 0 saturated carbocycles. The van der Waals surface area contributed by atoms with E-state index in [2.05, 4.69) is 31.7 Å². The number of amides is 1. The third-order valence-electron chi connectivity index (χ3n) is 3.92. The number of hydrogen-bond acceptors (Lipinski definition) is 6. The zero-order valence-corrected chi connectivity index (χ0v) is 14.5. The minimum atomic E-state index is -0.205. The lowest BCUT2D eigenvalue weighted by Gasteiger charge is -2.08. The second-order valence-electron chi connectivity index (χ2n) is 5.82. The molecule has 0 unspecified atom stereocenters. The predicted molar refractivity (Wildman–Crippen MR) is 101 cm³/mol. The Morgan fingerprint density at radius 1 is 1.19 bits per heavy atom. The molecule has 0 radical (unpaired) electrons. The molecule has 3 N–H and O–H groups in total. The summed E-state index contributed by atoms with van der Waals surface area (Å²) in [6.45, 7) is 0.838. The van der Waals surface area contributed by atoms with Crippen molar-refractivity contribution in [1.82, 2.24) is 20.3 Å². The van der Waals surface area contributed by atoms with Gasteiger partial charge in [-0.25, -0.2) is 9.97 Å². The molecule has 0 atom stereocenters. The minimum Gasteiger partial charge on any atom is -0.367 e. The van der Waals surface area contributed by atoms with Crippen LogP contribution in [0, 0.1) is 11.3 Å². The topological polar surface area (TPSA) is 124 Å². The van der Waals surface area contributed by atoms with E-state index in [0.29, 0.717) is 47.6 Å². The maximum atomic E-state index is 12.0. The molecule has 0 aliphatic heterocycles. The van der Waals surface area contributed by atoms with E-state index in [1.165, 1.54) is 0 Å². The molecule has 2 aromatic heterocycles. The van der Waals surface area contributed by atoms with Gasteiger partial charge in [-0.2, -0.15) is 5.26 Å². The fourth-order valence-electron chi connectivity index (χ4n) is 2.59. The number of nitrogens with one attached hydrogen (secondary N) is 3. The van der Waals surface area contributed by atoms with Crippen LogP contribution in [-0.4, -0.2) is 33.9 Å². The summed E-state index contributed by atoms with van der Waals surface area (Å²) in [4.78, 5) is 35.2. The highest BCUT2D eigenvalue weighted by Gasteiger charge is 2.07. The smallest absolute Gasteiger partial charge is 0.258 e. The first kappa shape index (κ1) is 18.1. The molecule has 136 valence electrons. The van der Waals surface area contributed by atoms with Crippen molar-refractivity contribution in [2.24, 2.45) is 0 Å². The third-order valence-corrected chi connectivity index (χ3v) is 3.92. The van der Waals surface area contributed by atoms with Crippen LogP contribution in [0.5, 0.6) is 0 Å². The lowest BCUT2D eigenvalue weighted by Crippen LogP contribution is -2.29. The number of H-pyrrole nitrogens is 1. The largest absolute Gasteiger partial charge is 0.367 e. The average Bonchev–Trinajstić information content (AvgIpc) is 2.70. The third kappa shape index (κ3) is 4.67. The van der Waals surface area contributed by atoms with Gasteiger partial charge >= 0.3 is 0 Å². The quantitative estimate of drug-likeness (QED) is 0.545. The molecule has 1 aromatic carbocycles. The van der Waals surface area contributed by atoms with Crippen molar-refractivity contribution in [2.45, 2.75) is 12.8 Å². The van der Waals surface area contributed by atoms with Gasteiger partial charge in [0, 0.05) is 32.1 Å². The van der Waals surface area contributed by atoms with Gasteiger partial charge in [-0.05, 0) is 24.3 Å². The van der Waals surface area contributed by atoms with Crippen LogP contribution in [0.15, 0.2) is 47.4 Å². The molecule has 0 bridgehead atoms. The second-order valence-corrected chi connectivity index (χ2v) is 5.82. The van der Waals surface area contributed by atoms with Gasteiger partial charge in [0.05, 0.1) is 16.5 Å². The summed E-state index contributed by atoms with van der Waals surface area (Å²) in [6, 6.07) is 12.5. The standard InChI is InChI=1S/C19H18N6O2/c20-12-13-4-3-9-22-18(13)23-11-10-21-17(26)8-7-16-24-15-6-2-1-5-14(15)19(27)25-16/h1-6,9H,7-8,10-11H2,(H,21,26)(H,22,23)(H,24,25,27). The van der Waals surface area contributed by atoms with Crippen molar-refractivity contribution in [3.8, 4) is 6.07 Å². The Labute approximate surface area is 155 Å². The normalized spacial score (nSPS) is 10.3. The molecule has 1 amide bonds. The number of aromatic nitrogens is 3. The Bertz CT molecular complexity index is 1050. The van der Waals surface area contributed by atoms with Gasteiger partial charge in [0.15, 0.2) is 0 Å². The van der Waals surface area contributed by atoms with Crippen LogP contribution in [0.1, 0.15) is 17.8 Å². The molecule has 0 saturated heterocycles. The van der Waals surface area contributed by atoms with E-state index in [0.717, 1.165) is 0 Å². The molecule has 0 fully saturated rings. The number of carbonyl (C=O) groups is 1. The molecule has 0 aliphatic carbocycles. The second kappa shape index (κ2) is 8.58. The lowest BCUT2D eigenvalue weighted by atomic mass is 10.2. The first-order valence-electron chi connectivity index (χ1n) is 8.51. The monoisotopic (exact) mass is 362 g/mol. The Morgan fingerprint density at radius 3 is 2.89 bits per heavy atom. The molecule has 8 nitrogen and oxygen atoms in total. The molecule has 3 aromatic rings. The van der Waals surface area contributed by atoms with Crippen LogP contribution in [0.4, 0.5) is 5.82 Å². The number of rotatable bonds is 7. The molecule has 0 spiro atoms. The van der Waals surface area contributed by atoms with Gasteiger partial charge in [-0.15, -0.1) is 0 Å². The Kier molecular flexibility index (Phi) is 5.74. The highest BCUT2D eigenvalue weighted by Crippen LogP contribution is 2.08. The number of fused-ring (bicyclic) bond motifs is 1. The van der Waals surface area contributed by atoms with E-state index in [-0.39, 0.29) is 17.9 Å². The van der Waals surface area contributed by atoms with Crippen molar-refractivity contribution >= 4 is 22.6 Å². The highest BCUT2D eigenvalue weighted by molar-refractivity contribution is 5.78. The molecule has 27 heavy (non-hydrogen) atoms. The van der Waals surface area contributed by atoms with Crippen LogP contribution in [-0.2, 0) is 11.2 Å². The SMILES string of the molecule is N#Cc1cccnc1NCCNC(=O)CCc1nc2ccccc2c(=O)[nH]1. The number of aromatic amines is 1. The van der Waals surface area contributed by atoms with E-state index in [1.54, 1.807) is 36.5 Å². The zero-order valence-electron chi connectivity index (χ0n) is 14.5. The van der Waals surface area contributed by atoms with Crippen molar-refractivity contribution in [1.29, 1.82) is 5.26 Å². The van der Waals surface area contributed by atoms with E-state index in [4.69, 9.17) is 5.26 Å². The zero-order chi connectivity index (χ0) is 19.1. The van der Waals surface area contributed by atoms with Crippen molar-refractivity contribution in [3.05, 3.63) is 64.3 Å². The Morgan fingerprint density at radius 2 is 2.04 bits per heavy atom. The Balaban J connectivity index is 1.46. The maximum absolute atomic E-state index is 12.0. The van der Waals surface area contributed by atoms with Crippen molar-refractivity contribution in [2.75, 3.05) is 18.4 Å². The van der Waals surface area contributed by atoms with E-state index in [9.17, 15) is 9.59 Å². The van der Waals surface area contributed by atoms with Crippen LogP contribution >= 0.6 is 0 Å². The van der Waals surface area contributed by atoms with Gasteiger partial charge in [-0.3, -0.25) is 9.59 Å². The average molecular weight is 362 g/mol. The maximum Gasteiger partial charge on any atom is 0.258 e. The molecular weight excluding hydrogens is 344 g/mol. The van der Waals surface area contributed by atoms with Gasteiger partial charge in [-0.1, -0.05) is 12.1 Å². The van der Waals surface area contributed by atoms with E-state index < -0.39 is 0 Å². The number of pyridine rings is 1. The van der Waals surface area contributed by atoms with Crippen LogP contribution < -0.4 is 16.2 Å². The molecule has 2 heterocycles. The molecule has 3 rings (SSSR count). The fourth-order valence-corrected chi connectivity index (χ4v) is 2.59. The lowest BCUT2D eigenvalue weighted by molar-refractivity contribution is -0.121. The Hall–Kier alpha value is -3.73. The number of nitrogens with zero attached hydrogens (tertiary/aromatic N) is 3. The summed E-state index contributed by atoms with van der Waals surface area (Å²) < 4.78 is 0. The summed E-state index contributed by atoms with van der Waals surface area (Å²) in [5.41, 5.74) is 0.864. The summed E-state index contributed by atoms with van der Waals surface area (Å²) in [5, 5.41) is 15.3. The van der Waals surface area contributed by atoms with E-state index in [1.807, 2.05) is 6.07 Å². The number of aryl methyl sites for hydroxylation is 1. The van der Waals surface area contributed by atoms with Crippen LogP contribution in [0.2, 0.25) is 0 Å². The molecule has 0 aliphatic rings. The van der Waals surface area contributed by atoms with Gasteiger partial charge < -0.3 is 15.6 Å². The number of benzene rings is 1. The summed E-state index contributed by atoms with van der Waals surface area (Å²) in [5.74, 6) is 0.834. The number of para-hydroxylation sites is 1. The number of hydrogen-bond donors (Lipinski definition) is 3. The first-order chi connectivity index (χ1) is 13.2.